The Bertz CT molecular complexity index is 1360. The number of hydrogen-bond donors (Lipinski definition) is 1. The van der Waals surface area contributed by atoms with E-state index in [9.17, 15) is 14.7 Å². The van der Waals surface area contributed by atoms with Crippen LogP contribution < -0.4 is 4.90 Å². The van der Waals surface area contributed by atoms with Gasteiger partial charge in [0.15, 0.2) is 17.0 Å². The van der Waals surface area contributed by atoms with Gasteiger partial charge < -0.3 is 9.52 Å². The quantitative estimate of drug-likeness (QED) is 0.390. The minimum absolute atomic E-state index is 0.00432. The zero-order valence-corrected chi connectivity index (χ0v) is 20.6. The Morgan fingerprint density at radius 3 is 2.47 bits per heavy atom. The molecule has 1 aliphatic rings. The molecular formula is C27H29N5O4. The molecule has 1 amide bonds. The largest absolute Gasteiger partial charge is 0.477 e. The van der Waals surface area contributed by atoms with Crippen molar-refractivity contribution in [3.63, 3.8) is 0 Å². The van der Waals surface area contributed by atoms with E-state index >= 15 is 0 Å². The maximum atomic E-state index is 13.5. The van der Waals surface area contributed by atoms with Crippen LogP contribution in [0.25, 0.3) is 28.4 Å². The Kier molecular flexibility index (Phi) is 6.30. The summed E-state index contributed by atoms with van der Waals surface area (Å²) in [5.74, 6) is -0.0480. The molecule has 9 heteroatoms. The number of oxazole rings is 1. The summed E-state index contributed by atoms with van der Waals surface area (Å²) >= 11 is 0. The van der Waals surface area contributed by atoms with Crippen LogP contribution in [0.4, 0.5) is 5.82 Å². The molecule has 0 atom stereocenters. The minimum atomic E-state index is -1.12. The number of pyridine rings is 1. The van der Waals surface area contributed by atoms with Crippen molar-refractivity contribution in [3.05, 3.63) is 54.4 Å². The van der Waals surface area contributed by atoms with Gasteiger partial charge in [-0.2, -0.15) is 4.98 Å². The number of carbonyl (C=O) groups excluding carboxylic acids is 1. The number of hydrogen-bond acceptors (Lipinski definition) is 6. The molecule has 0 bridgehead atoms. The Morgan fingerprint density at radius 1 is 1.11 bits per heavy atom. The number of anilines is 1. The summed E-state index contributed by atoms with van der Waals surface area (Å²) in [6.07, 6.45) is 6.77. The van der Waals surface area contributed by atoms with Gasteiger partial charge in [0.05, 0.1) is 5.69 Å². The van der Waals surface area contributed by atoms with E-state index in [4.69, 9.17) is 4.42 Å². The van der Waals surface area contributed by atoms with E-state index in [0.29, 0.717) is 28.7 Å². The molecule has 1 N–H and O–H groups in total. The lowest BCUT2D eigenvalue weighted by molar-refractivity contribution is -0.124. The Hall–Kier alpha value is -4.01. The number of amides is 1. The second-order valence-electron chi connectivity index (χ2n) is 9.77. The number of carboxylic acids is 1. The van der Waals surface area contributed by atoms with Crippen LogP contribution in [-0.4, -0.2) is 42.8 Å². The number of carboxylic acid groups (broad SMARTS) is 1. The highest BCUT2D eigenvalue weighted by Crippen LogP contribution is 2.33. The predicted molar refractivity (Wildman–Crippen MR) is 135 cm³/mol. The van der Waals surface area contributed by atoms with Crippen molar-refractivity contribution in [2.24, 2.45) is 11.8 Å². The van der Waals surface area contributed by atoms with Crippen molar-refractivity contribution in [1.29, 1.82) is 0 Å². The van der Waals surface area contributed by atoms with Crippen LogP contribution in [-0.2, 0) is 4.79 Å². The first-order valence-electron chi connectivity index (χ1n) is 12.3. The predicted octanol–water partition coefficient (Wildman–Crippen LogP) is 5.34. The number of fused-ring (bicyclic) bond motifs is 1. The first-order valence-corrected chi connectivity index (χ1v) is 12.3. The van der Waals surface area contributed by atoms with Crippen molar-refractivity contribution in [1.82, 2.24) is 19.7 Å². The summed E-state index contributed by atoms with van der Waals surface area (Å²) in [6.45, 7) is 5.98. The molecule has 3 aromatic heterocycles. The Labute approximate surface area is 208 Å². The average Bonchev–Trinajstić information content (AvgIpc) is 3.49. The molecule has 1 aromatic carbocycles. The summed E-state index contributed by atoms with van der Waals surface area (Å²) in [6, 6.07) is 10.6. The first-order chi connectivity index (χ1) is 17.3. The molecular weight excluding hydrogens is 458 g/mol. The van der Waals surface area contributed by atoms with Gasteiger partial charge >= 0.3 is 5.97 Å². The van der Waals surface area contributed by atoms with E-state index in [0.717, 1.165) is 31.2 Å². The zero-order chi connectivity index (χ0) is 25.4. The lowest BCUT2D eigenvalue weighted by Crippen LogP contribution is -2.43. The summed E-state index contributed by atoms with van der Waals surface area (Å²) in [5.41, 5.74) is 2.54. The number of nitrogens with zero attached hydrogens (tertiary/aromatic N) is 5. The van der Waals surface area contributed by atoms with Crippen LogP contribution in [0.15, 0.2) is 53.2 Å². The van der Waals surface area contributed by atoms with E-state index in [1.165, 1.54) is 10.9 Å². The van der Waals surface area contributed by atoms with Crippen molar-refractivity contribution in [2.45, 2.75) is 52.5 Å². The first kappa shape index (κ1) is 23.7. The van der Waals surface area contributed by atoms with Gasteiger partial charge in [0.25, 0.3) is 0 Å². The van der Waals surface area contributed by atoms with E-state index in [1.54, 1.807) is 17.2 Å². The number of benzene rings is 1. The standard InChI is InChI=1S/C27H29N5O4/c1-16(2)32(26(33)19-8-6-17(3)7-9-19)24-21(27(34)35)15-31(30-24)20-12-10-18(11-13-20)25-29-23-22(36-25)5-4-14-28-23/h4-5,10-17,19H,6-9H2,1-3H3,(H,34,35). The maximum Gasteiger partial charge on any atom is 0.341 e. The molecule has 1 aliphatic carbocycles. The summed E-state index contributed by atoms with van der Waals surface area (Å²) in [7, 11) is 0. The zero-order valence-electron chi connectivity index (χ0n) is 20.6. The van der Waals surface area contributed by atoms with Gasteiger partial charge in [0.2, 0.25) is 11.8 Å². The van der Waals surface area contributed by atoms with Gasteiger partial charge in [-0.15, -0.1) is 5.10 Å². The molecule has 0 radical (unpaired) electrons. The van der Waals surface area contributed by atoms with Crippen molar-refractivity contribution in [2.75, 3.05) is 4.90 Å². The molecule has 0 aliphatic heterocycles. The smallest absolute Gasteiger partial charge is 0.341 e. The van der Waals surface area contributed by atoms with Gasteiger partial charge in [-0.25, -0.2) is 14.5 Å². The van der Waals surface area contributed by atoms with Gasteiger partial charge in [0, 0.05) is 29.9 Å². The van der Waals surface area contributed by atoms with Gasteiger partial charge in [-0.3, -0.25) is 9.69 Å². The second kappa shape index (κ2) is 9.56. The third-order valence-corrected chi connectivity index (χ3v) is 6.82. The highest BCUT2D eigenvalue weighted by Gasteiger charge is 2.34. The van der Waals surface area contributed by atoms with Crippen molar-refractivity contribution in [3.8, 4) is 17.1 Å². The van der Waals surface area contributed by atoms with Gasteiger partial charge in [-0.05, 0) is 81.8 Å². The van der Waals surface area contributed by atoms with Crippen LogP contribution in [0.3, 0.4) is 0 Å². The average molecular weight is 488 g/mol. The molecule has 0 saturated heterocycles. The fourth-order valence-electron chi connectivity index (χ4n) is 4.78. The van der Waals surface area contributed by atoms with Crippen molar-refractivity contribution < 1.29 is 19.1 Å². The Balaban J connectivity index is 1.46. The monoisotopic (exact) mass is 487 g/mol. The maximum absolute atomic E-state index is 13.5. The van der Waals surface area contributed by atoms with E-state index in [1.807, 2.05) is 44.2 Å². The second-order valence-corrected chi connectivity index (χ2v) is 9.77. The molecule has 0 spiro atoms. The number of aromatic carboxylic acids is 1. The van der Waals surface area contributed by atoms with Gasteiger partial charge in [0.1, 0.15) is 5.56 Å². The van der Waals surface area contributed by atoms with E-state index < -0.39 is 5.97 Å². The molecule has 186 valence electrons. The molecule has 36 heavy (non-hydrogen) atoms. The molecule has 1 fully saturated rings. The fraction of sp³-hybridized carbons (Fsp3) is 0.370. The van der Waals surface area contributed by atoms with Crippen LogP contribution in [0.1, 0.15) is 56.8 Å². The molecule has 5 rings (SSSR count). The number of carbonyl (C=O) groups is 2. The highest BCUT2D eigenvalue weighted by atomic mass is 16.4. The number of aromatic nitrogens is 4. The molecule has 3 heterocycles. The summed E-state index contributed by atoms with van der Waals surface area (Å²) < 4.78 is 7.29. The van der Waals surface area contributed by atoms with E-state index in [-0.39, 0.29) is 29.2 Å². The minimum Gasteiger partial charge on any atom is -0.477 e. The van der Waals surface area contributed by atoms with Crippen LogP contribution in [0.2, 0.25) is 0 Å². The van der Waals surface area contributed by atoms with E-state index in [2.05, 4.69) is 22.0 Å². The van der Waals surface area contributed by atoms with Crippen LogP contribution >= 0.6 is 0 Å². The molecule has 1 saturated carbocycles. The third-order valence-electron chi connectivity index (χ3n) is 6.82. The molecule has 9 nitrogen and oxygen atoms in total. The van der Waals surface area contributed by atoms with Crippen LogP contribution in [0, 0.1) is 11.8 Å². The summed E-state index contributed by atoms with van der Waals surface area (Å²) in [4.78, 5) is 35.8. The molecule has 4 aromatic rings. The highest BCUT2D eigenvalue weighted by molar-refractivity contribution is 6.01. The Morgan fingerprint density at radius 2 is 1.83 bits per heavy atom. The summed E-state index contributed by atoms with van der Waals surface area (Å²) in [5, 5.41) is 14.5. The number of rotatable bonds is 6. The lowest BCUT2D eigenvalue weighted by atomic mass is 9.82. The normalized spacial score (nSPS) is 18.0. The third kappa shape index (κ3) is 4.48. The topological polar surface area (TPSA) is 114 Å². The van der Waals surface area contributed by atoms with Crippen LogP contribution in [0.5, 0.6) is 0 Å². The lowest BCUT2D eigenvalue weighted by Gasteiger charge is -2.32. The van der Waals surface area contributed by atoms with Crippen molar-refractivity contribution >= 4 is 28.9 Å². The van der Waals surface area contributed by atoms with Gasteiger partial charge in [-0.1, -0.05) is 6.92 Å². The SMILES string of the molecule is CC1CCC(C(=O)N(c2nn(-c3ccc(-c4nc5ncccc5o4)cc3)cc2C(=O)O)C(C)C)CC1. The fourth-order valence-corrected chi connectivity index (χ4v) is 4.78. The molecule has 0 unspecified atom stereocenters.